The second-order valence-electron chi connectivity index (χ2n) is 4.87. The van der Waals surface area contributed by atoms with Gasteiger partial charge in [-0.1, -0.05) is 38.5 Å². The van der Waals surface area contributed by atoms with Crippen LogP contribution in [-0.2, 0) is 4.79 Å². The summed E-state index contributed by atoms with van der Waals surface area (Å²) in [5, 5.41) is 12.8. The van der Waals surface area contributed by atoms with Gasteiger partial charge in [0.1, 0.15) is 5.75 Å². The van der Waals surface area contributed by atoms with Gasteiger partial charge in [0.05, 0.1) is 6.10 Å². The standard InChI is InChI=1S/C16H25NO3/c1-4-6-11-17-16(19)12(3)20-15-10-8-7-9-13(15)14(18)5-2/h7-10,12,14,18H,4-6,11H2,1-3H3,(H,17,19). The Kier molecular flexibility index (Phi) is 7.09. The van der Waals surface area contributed by atoms with E-state index in [1.165, 1.54) is 0 Å². The molecule has 0 bridgehead atoms. The van der Waals surface area contributed by atoms with E-state index in [2.05, 4.69) is 12.2 Å². The minimum absolute atomic E-state index is 0.126. The van der Waals surface area contributed by atoms with Crippen molar-refractivity contribution in [2.24, 2.45) is 0 Å². The van der Waals surface area contributed by atoms with Crippen LogP contribution in [0.4, 0.5) is 0 Å². The van der Waals surface area contributed by atoms with E-state index >= 15 is 0 Å². The number of para-hydroxylation sites is 1. The molecule has 0 saturated heterocycles. The predicted octanol–water partition coefficient (Wildman–Crippen LogP) is 2.81. The quantitative estimate of drug-likeness (QED) is 0.719. The van der Waals surface area contributed by atoms with Crippen LogP contribution in [0.15, 0.2) is 24.3 Å². The molecular weight excluding hydrogens is 254 g/mol. The van der Waals surface area contributed by atoms with Crippen molar-refractivity contribution in [1.82, 2.24) is 5.32 Å². The lowest BCUT2D eigenvalue weighted by Crippen LogP contribution is -2.37. The summed E-state index contributed by atoms with van der Waals surface area (Å²) in [6.45, 7) is 6.37. The summed E-state index contributed by atoms with van der Waals surface area (Å²) in [7, 11) is 0. The lowest BCUT2D eigenvalue weighted by molar-refractivity contribution is -0.127. The summed E-state index contributed by atoms with van der Waals surface area (Å²) in [4.78, 5) is 11.9. The van der Waals surface area contributed by atoms with Crippen molar-refractivity contribution in [3.8, 4) is 5.75 Å². The number of carbonyl (C=O) groups excluding carboxylic acids is 1. The molecule has 0 aromatic heterocycles. The lowest BCUT2D eigenvalue weighted by atomic mass is 10.1. The van der Waals surface area contributed by atoms with E-state index < -0.39 is 12.2 Å². The molecule has 4 nitrogen and oxygen atoms in total. The first-order valence-electron chi connectivity index (χ1n) is 7.31. The fraction of sp³-hybridized carbons (Fsp3) is 0.562. The Morgan fingerprint density at radius 2 is 2.05 bits per heavy atom. The molecule has 0 fully saturated rings. The zero-order chi connectivity index (χ0) is 15.0. The first-order chi connectivity index (χ1) is 9.60. The van der Waals surface area contributed by atoms with Crippen LogP contribution in [0.1, 0.15) is 51.7 Å². The fourth-order valence-corrected chi connectivity index (χ4v) is 1.86. The van der Waals surface area contributed by atoms with Crippen molar-refractivity contribution in [3.63, 3.8) is 0 Å². The summed E-state index contributed by atoms with van der Waals surface area (Å²) in [5.74, 6) is 0.444. The van der Waals surface area contributed by atoms with Crippen LogP contribution in [0.3, 0.4) is 0 Å². The van der Waals surface area contributed by atoms with Crippen LogP contribution in [0.25, 0.3) is 0 Å². The van der Waals surface area contributed by atoms with Gasteiger partial charge in [-0.25, -0.2) is 0 Å². The highest BCUT2D eigenvalue weighted by molar-refractivity contribution is 5.80. The van der Waals surface area contributed by atoms with Gasteiger partial charge in [0.15, 0.2) is 6.10 Å². The van der Waals surface area contributed by atoms with Crippen LogP contribution in [0, 0.1) is 0 Å². The third kappa shape index (κ3) is 4.85. The minimum atomic E-state index is -0.572. The number of ether oxygens (including phenoxy) is 1. The van der Waals surface area contributed by atoms with Gasteiger partial charge in [0.2, 0.25) is 0 Å². The van der Waals surface area contributed by atoms with Crippen LogP contribution < -0.4 is 10.1 Å². The van der Waals surface area contributed by atoms with Gasteiger partial charge in [-0.2, -0.15) is 0 Å². The van der Waals surface area contributed by atoms with Crippen LogP contribution in [0.5, 0.6) is 5.75 Å². The second kappa shape index (κ2) is 8.59. The van der Waals surface area contributed by atoms with Crippen molar-refractivity contribution >= 4 is 5.91 Å². The van der Waals surface area contributed by atoms with E-state index in [1.807, 2.05) is 25.1 Å². The normalized spacial score (nSPS) is 13.6. The largest absolute Gasteiger partial charge is 0.481 e. The Morgan fingerprint density at radius 3 is 2.70 bits per heavy atom. The van der Waals surface area contributed by atoms with Crippen molar-refractivity contribution in [1.29, 1.82) is 0 Å². The number of rotatable bonds is 8. The molecule has 0 radical (unpaired) electrons. The van der Waals surface area contributed by atoms with Gasteiger partial charge in [-0.05, 0) is 25.8 Å². The maximum absolute atomic E-state index is 11.9. The Labute approximate surface area is 121 Å². The molecule has 0 saturated carbocycles. The Morgan fingerprint density at radius 1 is 1.35 bits per heavy atom. The van der Waals surface area contributed by atoms with E-state index in [1.54, 1.807) is 13.0 Å². The fourth-order valence-electron chi connectivity index (χ4n) is 1.86. The van der Waals surface area contributed by atoms with Gasteiger partial charge in [-0.15, -0.1) is 0 Å². The third-order valence-corrected chi connectivity index (χ3v) is 3.17. The van der Waals surface area contributed by atoms with Crippen LogP contribution in [0.2, 0.25) is 0 Å². The number of benzene rings is 1. The van der Waals surface area contributed by atoms with Gasteiger partial charge in [0, 0.05) is 12.1 Å². The average Bonchev–Trinajstić information content (AvgIpc) is 2.47. The molecule has 0 spiro atoms. The third-order valence-electron chi connectivity index (χ3n) is 3.17. The molecule has 20 heavy (non-hydrogen) atoms. The number of hydrogen-bond acceptors (Lipinski definition) is 3. The molecule has 2 atom stereocenters. The van der Waals surface area contributed by atoms with E-state index in [0.29, 0.717) is 18.7 Å². The van der Waals surface area contributed by atoms with Crippen molar-refractivity contribution in [2.45, 2.75) is 52.2 Å². The van der Waals surface area contributed by atoms with E-state index in [-0.39, 0.29) is 5.91 Å². The molecule has 0 heterocycles. The maximum Gasteiger partial charge on any atom is 0.260 e. The number of aliphatic hydroxyl groups is 1. The van der Waals surface area contributed by atoms with E-state index in [9.17, 15) is 9.90 Å². The molecular formula is C16H25NO3. The SMILES string of the molecule is CCCCNC(=O)C(C)Oc1ccccc1C(O)CC. The highest BCUT2D eigenvalue weighted by Crippen LogP contribution is 2.27. The van der Waals surface area contributed by atoms with Crippen LogP contribution >= 0.6 is 0 Å². The summed E-state index contributed by atoms with van der Waals surface area (Å²) in [6.07, 6.45) is 1.47. The summed E-state index contributed by atoms with van der Waals surface area (Å²) in [6, 6.07) is 7.30. The molecule has 1 rings (SSSR count). The molecule has 1 aromatic rings. The summed E-state index contributed by atoms with van der Waals surface area (Å²) in [5.41, 5.74) is 0.725. The smallest absolute Gasteiger partial charge is 0.260 e. The van der Waals surface area contributed by atoms with E-state index in [4.69, 9.17) is 4.74 Å². The molecule has 0 aliphatic carbocycles. The van der Waals surface area contributed by atoms with Crippen molar-refractivity contribution < 1.29 is 14.6 Å². The number of aliphatic hydroxyl groups excluding tert-OH is 1. The molecule has 2 N–H and O–H groups in total. The van der Waals surface area contributed by atoms with Crippen molar-refractivity contribution in [3.05, 3.63) is 29.8 Å². The zero-order valence-corrected chi connectivity index (χ0v) is 12.6. The molecule has 112 valence electrons. The monoisotopic (exact) mass is 279 g/mol. The van der Waals surface area contributed by atoms with Gasteiger partial charge >= 0.3 is 0 Å². The highest BCUT2D eigenvalue weighted by Gasteiger charge is 2.17. The average molecular weight is 279 g/mol. The second-order valence-corrected chi connectivity index (χ2v) is 4.87. The maximum atomic E-state index is 11.9. The minimum Gasteiger partial charge on any atom is -0.481 e. The number of unbranched alkanes of at least 4 members (excludes halogenated alkanes) is 1. The van der Waals surface area contributed by atoms with Crippen LogP contribution in [-0.4, -0.2) is 23.7 Å². The van der Waals surface area contributed by atoms with Crippen molar-refractivity contribution in [2.75, 3.05) is 6.54 Å². The van der Waals surface area contributed by atoms with Gasteiger partial charge in [0.25, 0.3) is 5.91 Å². The first kappa shape index (κ1) is 16.5. The van der Waals surface area contributed by atoms with Gasteiger partial charge in [-0.3, -0.25) is 4.79 Å². The molecule has 0 aliphatic rings. The number of carbonyl (C=O) groups is 1. The number of hydrogen-bond donors (Lipinski definition) is 2. The zero-order valence-electron chi connectivity index (χ0n) is 12.6. The topological polar surface area (TPSA) is 58.6 Å². The highest BCUT2D eigenvalue weighted by atomic mass is 16.5. The molecule has 4 heteroatoms. The van der Waals surface area contributed by atoms with Gasteiger partial charge < -0.3 is 15.2 Å². The predicted molar refractivity (Wildman–Crippen MR) is 79.7 cm³/mol. The molecule has 1 amide bonds. The molecule has 1 aromatic carbocycles. The lowest BCUT2D eigenvalue weighted by Gasteiger charge is -2.19. The summed E-state index contributed by atoms with van der Waals surface area (Å²) < 4.78 is 5.69. The summed E-state index contributed by atoms with van der Waals surface area (Å²) >= 11 is 0. The first-order valence-corrected chi connectivity index (χ1v) is 7.31. The number of amides is 1. The number of nitrogens with one attached hydrogen (secondary N) is 1. The Balaban J connectivity index is 2.65. The Hall–Kier alpha value is -1.55. The van der Waals surface area contributed by atoms with E-state index in [0.717, 1.165) is 18.4 Å². The Bertz CT molecular complexity index is 420. The molecule has 0 aliphatic heterocycles. The molecule has 2 unspecified atom stereocenters.